The van der Waals surface area contributed by atoms with Crippen LogP contribution in [0.3, 0.4) is 0 Å². The average Bonchev–Trinajstić information content (AvgIpc) is 3.30. The topological polar surface area (TPSA) is 89.9 Å². The smallest absolute Gasteiger partial charge is 0.422 e. The van der Waals surface area contributed by atoms with E-state index in [1.165, 1.54) is 0 Å². The highest BCUT2D eigenvalue weighted by atomic mass is 35.5. The molecule has 2 aromatic heterocycles. The van der Waals surface area contributed by atoms with Gasteiger partial charge in [0.05, 0.1) is 28.1 Å². The Kier molecular flexibility index (Phi) is 9.59. The number of halogens is 8. The first-order valence-corrected chi connectivity index (χ1v) is 16.2. The lowest BCUT2D eigenvalue weighted by Gasteiger charge is -2.42. The lowest BCUT2D eigenvalue weighted by Crippen LogP contribution is -2.57. The zero-order valence-electron chi connectivity index (χ0n) is 27.4. The average molecular weight is 742 g/mol. The lowest BCUT2D eigenvalue weighted by atomic mass is 10.0. The van der Waals surface area contributed by atoms with E-state index in [1.807, 2.05) is 0 Å². The predicted molar refractivity (Wildman–Crippen MR) is 172 cm³/mol. The number of alkyl halides is 6. The molecule has 0 spiro atoms. The van der Waals surface area contributed by atoms with Crippen LogP contribution in [0.2, 0.25) is 5.02 Å². The van der Waals surface area contributed by atoms with E-state index in [0.717, 1.165) is 18.3 Å². The standard InChI is InChI=1S/C34H31ClF7N5O4/c1-32(2,3)51-31(48)47-19-9-10-20(47)15-46(14-19)29-23-13-43-27(26(36)28(23)44-30(45-29)50-17-33(37,38)39)22-11-21(12-24(35)25(22)34(40,41)42)49-16-18-7-5-4-6-8-18/h4-8,11-13,19-20H,9-10,14-17H2,1-3H3. The van der Waals surface area contributed by atoms with E-state index in [-0.39, 0.29) is 48.7 Å². The highest BCUT2D eigenvalue weighted by Gasteiger charge is 2.45. The van der Waals surface area contributed by atoms with Crippen LogP contribution < -0.4 is 14.4 Å². The van der Waals surface area contributed by atoms with Gasteiger partial charge in [-0.25, -0.2) is 9.18 Å². The third-order valence-corrected chi connectivity index (χ3v) is 8.54. The van der Waals surface area contributed by atoms with Crippen LogP contribution >= 0.6 is 11.6 Å². The maximum absolute atomic E-state index is 16.6. The molecule has 2 fully saturated rings. The Labute approximate surface area is 292 Å². The van der Waals surface area contributed by atoms with Crippen LogP contribution in [0.1, 0.15) is 44.7 Å². The van der Waals surface area contributed by atoms with Crippen molar-refractivity contribution in [2.24, 2.45) is 0 Å². The number of benzene rings is 2. The maximum atomic E-state index is 16.6. The maximum Gasteiger partial charge on any atom is 0.422 e. The number of piperazine rings is 1. The minimum Gasteiger partial charge on any atom is -0.489 e. The van der Waals surface area contributed by atoms with Gasteiger partial charge in [0.1, 0.15) is 35.0 Å². The molecule has 17 heteroatoms. The van der Waals surface area contributed by atoms with Gasteiger partial charge in [0.2, 0.25) is 0 Å². The summed E-state index contributed by atoms with van der Waals surface area (Å²) in [6, 6.07) is 8.99. The molecule has 0 aliphatic carbocycles. The number of amides is 1. The first-order chi connectivity index (χ1) is 23.9. The summed E-state index contributed by atoms with van der Waals surface area (Å²) < 4.78 is 115. The number of rotatable bonds is 7. The second-order valence-corrected chi connectivity index (χ2v) is 13.6. The van der Waals surface area contributed by atoms with Gasteiger partial charge >= 0.3 is 24.5 Å². The molecule has 9 nitrogen and oxygen atoms in total. The second kappa shape index (κ2) is 13.5. The first-order valence-electron chi connectivity index (χ1n) is 15.8. The normalized spacial score (nSPS) is 17.9. The molecule has 2 aromatic carbocycles. The van der Waals surface area contributed by atoms with Crippen molar-refractivity contribution >= 4 is 34.4 Å². The number of carbonyl (C=O) groups excluding carboxylic acids is 1. The summed E-state index contributed by atoms with van der Waals surface area (Å²) in [5.41, 5.74) is -3.71. The number of pyridine rings is 1. The monoisotopic (exact) mass is 741 g/mol. The van der Waals surface area contributed by atoms with Crippen molar-refractivity contribution in [3.8, 4) is 23.0 Å². The molecule has 2 aliphatic rings. The molecular weight excluding hydrogens is 711 g/mol. The number of fused-ring (bicyclic) bond motifs is 3. The molecule has 1 amide bonds. The fraction of sp³-hybridized carbons (Fsp3) is 0.412. The van der Waals surface area contributed by atoms with E-state index < -0.39 is 69.8 Å². The van der Waals surface area contributed by atoms with Crippen molar-refractivity contribution in [2.45, 2.75) is 70.3 Å². The van der Waals surface area contributed by atoms with Crippen molar-refractivity contribution in [2.75, 3.05) is 24.6 Å². The molecule has 0 saturated carbocycles. The van der Waals surface area contributed by atoms with Crippen LogP contribution in [0.4, 0.5) is 41.3 Å². The highest BCUT2D eigenvalue weighted by molar-refractivity contribution is 6.32. The molecule has 2 bridgehead atoms. The van der Waals surface area contributed by atoms with E-state index in [9.17, 15) is 31.1 Å². The Balaban J connectivity index is 1.43. The molecule has 272 valence electrons. The summed E-state index contributed by atoms with van der Waals surface area (Å²) >= 11 is 6.11. The number of ether oxygens (including phenoxy) is 3. The molecule has 6 rings (SSSR count). The minimum absolute atomic E-state index is 0.0464. The van der Waals surface area contributed by atoms with Gasteiger partial charge in [0.25, 0.3) is 0 Å². The largest absolute Gasteiger partial charge is 0.489 e. The van der Waals surface area contributed by atoms with Gasteiger partial charge in [0.15, 0.2) is 12.4 Å². The fourth-order valence-corrected chi connectivity index (χ4v) is 6.55. The molecule has 4 heterocycles. The summed E-state index contributed by atoms with van der Waals surface area (Å²) in [5, 5.41) is -0.892. The van der Waals surface area contributed by atoms with Gasteiger partial charge in [-0.15, -0.1) is 0 Å². The number of anilines is 1. The molecular formula is C34H31ClF7N5O4. The lowest BCUT2D eigenvalue weighted by molar-refractivity contribution is -0.154. The van der Waals surface area contributed by atoms with Crippen LogP contribution in [-0.4, -0.2) is 69.5 Å². The number of nitrogens with zero attached hydrogens (tertiary/aromatic N) is 5. The van der Waals surface area contributed by atoms with Gasteiger partial charge in [-0.05, 0) is 51.3 Å². The number of aromatic nitrogens is 3. The van der Waals surface area contributed by atoms with E-state index in [1.54, 1.807) is 60.9 Å². The number of hydrogen-bond donors (Lipinski definition) is 0. The van der Waals surface area contributed by atoms with Crippen LogP contribution in [0.15, 0.2) is 48.7 Å². The van der Waals surface area contributed by atoms with Crippen LogP contribution in [-0.2, 0) is 17.5 Å². The summed E-state index contributed by atoms with van der Waals surface area (Å²) in [6.45, 7) is 3.60. The second-order valence-electron chi connectivity index (χ2n) is 13.2. The third-order valence-electron chi connectivity index (χ3n) is 8.25. The van der Waals surface area contributed by atoms with Crippen molar-refractivity contribution in [3.63, 3.8) is 0 Å². The fourth-order valence-electron chi connectivity index (χ4n) is 6.23. The Morgan fingerprint density at radius 1 is 0.961 bits per heavy atom. The number of carbonyl (C=O) groups is 1. The molecule has 51 heavy (non-hydrogen) atoms. The van der Waals surface area contributed by atoms with E-state index in [2.05, 4.69) is 15.0 Å². The van der Waals surface area contributed by atoms with E-state index in [4.69, 9.17) is 25.8 Å². The zero-order valence-corrected chi connectivity index (χ0v) is 28.2. The molecule has 2 saturated heterocycles. The molecule has 2 atom stereocenters. The summed E-state index contributed by atoms with van der Waals surface area (Å²) in [4.78, 5) is 28.4. The van der Waals surface area contributed by atoms with Crippen LogP contribution in [0.5, 0.6) is 11.8 Å². The van der Waals surface area contributed by atoms with Gasteiger partial charge in [0, 0.05) is 24.8 Å². The highest BCUT2D eigenvalue weighted by Crippen LogP contribution is 2.45. The Morgan fingerprint density at radius 3 is 2.24 bits per heavy atom. The van der Waals surface area contributed by atoms with Gasteiger partial charge < -0.3 is 19.1 Å². The Hall–Kier alpha value is -4.60. The summed E-state index contributed by atoms with van der Waals surface area (Å²) in [6.07, 6.45) is -8.19. The van der Waals surface area contributed by atoms with Gasteiger partial charge in [-0.3, -0.25) is 9.88 Å². The van der Waals surface area contributed by atoms with Crippen molar-refractivity contribution in [1.29, 1.82) is 0 Å². The van der Waals surface area contributed by atoms with Crippen LogP contribution in [0, 0.1) is 5.82 Å². The van der Waals surface area contributed by atoms with Crippen molar-refractivity contribution < 1.29 is 49.7 Å². The van der Waals surface area contributed by atoms with Crippen LogP contribution in [0.25, 0.3) is 22.2 Å². The Bertz CT molecular complexity index is 1930. The Morgan fingerprint density at radius 2 is 1.63 bits per heavy atom. The predicted octanol–water partition coefficient (Wildman–Crippen LogP) is 8.61. The molecule has 2 aliphatic heterocycles. The van der Waals surface area contributed by atoms with Gasteiger partial charge in [-0.2, -0.15) is 36.3 Å². The van der Waals surface area contributed by atoms with E-state index in [0.29, 0.717) is 18.4 Å². The van der Waals surface area contributed by atoms with Crippen molar-refractivity contribution in [3.05, 3.63) is 70.6 Å². The SMILES string of the molecule is CC(C)(C)OC(=O)N1C2CCC1CN(c1nc(OCC(F)(F)F)nc3c(F)c(-c4cc(OCc5ccccc5)cc(Cl)c4C(F)(F)F)ncc13)C2. The molecule has 0 radical (unpaired) electrons. The summed E-state index contributed by atoms with van der Waals surface area (Å²) in [7, 11) is 0. The molecule has 0 N–H and O–H groups in total. The molecule has 2 unspecified atom stereocenters. The van der Waals surface area contributed by atoms with Crippen molar-refractivity contribution in [1.82, 2.24) is 19.9 Å². The van der Waals surface area contributed by atoms with E-state index >= 15 is 4.39 Å². The quantitative estimate of drug-likeness (QED) is 0.174. The third kappa shape index (κ3) is 8.00. The zero-order chi connectivity index (χ0) is 36.9. The minimum atomic E-state index is -5.07. The molecule has 4 aromatic rings. The van der Waals surface area contributed by atoms with Gasteiger partial charge in [-0.1, -0.05) is 41.9 Å². The first kappa shape index (κ1) is 36.2. The summed E-state index contributed by atoms with van der Waals surface area (Å²) in [5.74, 6) is -1.57. The number of hydrogen-bond acceptors (Lipinski definition) is 8.